The van der Waals surface area contributed by atoms with Gasteiger partial charge in [-0.3, -0.25) is 4.68 Å². The zero-order valence-corrected chi connectivity index (χ0v) is 9.74. The van der Waals surface area contributed by atoms with E-state index in [1.165, 1.54) is 11.8 Å². The van der Waals surface area contributed by atoms with Gasteiger partial charge in [-0.05, 0) is 6.07 Å². The molecule has 2 rings (SSSR count). The summed E-state index contributed by atoms with van der Waals surface area (Å²) in [6.45, 7) is 0. The van der Waals surface area contributed by atoms with Crippen molar-refractivity contribution >= 4 is 27.8 Å². The first-order valence-electron chi connectivity index (χ1n) is 4.79. The van der Waals surface area contributed by atoms with Crippen LogP contribution in [-0.4, -0.2) is 14.9 Å². The van der Waals surface area contributed by atoms with E-state index in [2.05, 4.69) is 10.2 Å². The van der Waals surface area contributed by atoms with Crippen LogP contribution in [0.4, 0.5) is 0 Å². The van der Waals surface area contributed by atoms with E-state index in [9.17, 15) is 0 Å². The van der Waals surface area contributed by atoms with Crippen LogP contribution in [0.5, 0.6) is 0 Å². The van der Waals surface area contributed by atoms with Gasteiger partial charge < -0.3 is 11.6 Å². The molecule has 0 fully saturated rings. The Kier molecular flexibility index (Phi) is 3.00. The van der Waals surface area contributed by atoms with E-state index in [-0.39, 0.29) is 0 Å². The zero-order valence-electron chi connectivity index (χ0n) is 8.92. The van der Waals surface area contributed by atoms with Crippen LogP contribution in [0.3, 0.4) is 0 Å². The number of aryl methyl sites for hydroxylation is 1. The van der Waals surface area contributed by atoms with Crippen molar-refractivity contribution in [3.8, 4) is 0 Å². The highest BCUT2D eigenvalue weighted by molar-refractivity contribution is 8.13. The molecule has 5 nitrogen and oxygen atoms in total. The van der Waals surface area contributed by atoms with Crippen LogP contribution < -0.4 is 11.6 Å². The monoisotopic (exact) mass is 235 g/mol. The Morgan fingerprint density at radius 2 is 2.25 bits per heavy atom. The van der Waals surface area contributed by atoms with Crippen molar-refractivity contribution in [3.63, 3.8) is 0 Å². The average molecular weight is 235 g/mol. The summed E-state index contributed by atoms with van der Waals surface area (Å²) >= 11 is 1.38. The molecule has 0 spiro atoms. The highest BCUT2D eigenvalue weighted by Crippen LogP contribution is 2.21. The Morgan fingerprint density at radius 3 is 3.00 bits per heavy atom. The number of hydrogen-bond acceptors (Lipinski definition) is 4. The molecule has 0 saturated carbocycles. The average Bonchev–Trinajstić information content (AvgIpc) is 2.64. The van der Waals surface area contributed by atoms with Gasteiger partial charge in [0.25, 0.3) is 0 Å². The smallest absolute Gasteiger partial charge is 0.177 e. The Bertz CT molecular complexity index is 531. The Balaban J connectivity index is 2.31. The number of benzene rings is 1. The van der Waals surface area contributed by atoms with Crippen molar-refractivity contribution in [3.05, 3.63) is 30.0 Å². The van der Waals surface area contributed by atoms with Crippen LogP contribution in [0.15, 0.2) is 29.4 Å². The molecule has 6 heteroatoms. The minimum atomic E-state index is 0.370. The number of amidine groups is 1. The van der Waals surface area contributed by atoms with Crippen molar-refractivity contribution in [1.29, 1.82) is 0 Å². The number of thioether (sulfide) groups is 1. The fraction of sp³-hybridized carbons (Fsp3) is 0.200. The lowest BCUT2D eigenvalue weighted by atomic mass is 10.2. The lowest BCUT2D eigenvalue weighted by Gasteiger charge is -1.96. The normalized spacial score (nSPS) is 12.2. The topological polar surface area (TPSA) is 82.2 Å². The second kappa shape index (κ2) is 4.44. The van der Waals surface area contributed by atoms with Crippen molar-refractivity contribution in [2.45, 2.75) is 5.75 Å². The molecule has 1 aromatic carbocycles. The van der Waals surface area contributed by atoms with E-state index in [4.69, 9.17) is 11.6 Å². The van der Waals surface area contributed by atoms with E-state index in [1.54, 1.807) is 0 Å². The summed E-state index contributed by atoms with van der Waals surface area (Å²) in [6.07, 6.45) is 0. The Labute approximate surface area is 97.5 Å². The van der Waals surface area contributed by atoms with E-state index >= 15 is 0 Å². The van der Waals surface area contributed by atoms with Crippen LogP contribution in [0.2, 0.25) is 0 Å². The van der Waals surface area contributed by atoms with E-state index in [0.29, 0.717) is 10.9 Å². The molecular weight excluding hydrogens is 222 g/mol. The summed E-state index contributed by atoms with van der Waals surface area (Å²) in [5.74, 6) is 5.75. The Morgan fingerprint density at radius 1 is 1.50 bits per heavy atom. The van der Waals surface area contributed by atoms with Crippen molar-refractivity contribution < 1.29 is 0 Å². The maximum absolute atomic E-state index is 5.53. The molecule has 84 valence electrons. The molecule has 0 bridgehead atoms. The summed E-state index contributed by atoms with van der Waals surface area (Å²) in [5, 5.41) is 9.36. The predicted molar refractivity (Wildman–Crippen MR) is 67.8 cm³/mol. The quantitative estimate of drug-likeness (QED) is 0.352. The molecule has 0 aliphatic heterocycles. The third-order valence-corrected chi connectivity index (χ3v) is 3.14. The summed E-state index contributed by atoms with van der Waals surface area (Å²) in [7, 11) is 1.93. The first kappa shape index (κ1) is 10.8. The van der Waals surface area contributed by atoms with Gasteiger partial charge in [0.05, 0.1) is 11.2 Å². The number of para-hydroxylation sites is 1. The summed E-state index contributed by atoms with van der Waals surface area (Å²) < 4.78 is 1.86. The summed E-state index contributed by atoms with van der Waals surface area (Å²) in [5.41, 5.74) is 7.63. The number of rotatable bonds is 2. The molecule has 0 radical (unpaired) electrons. The highest BCUT2D eigenvalue weighted by atomic mass is 32.2. The van der Waals surface area contributed by atoms with Crippen molar-refractivity contribution in [1.82, 2.24) is 9.78 Å². The SMILES string of the molecule is Cn1nc(CSC(N)=NN)c2ccccc21. The van der Waals surface area contributed by atoms with Gasteiger partial charge in [-0.15, -0.1) is 0 Å². The molecule has 0 amide bonds. The maximum atomic E-state index is 5.53. The number of hydrogen-bond donors (Lipinski definition) is 2. The largest absolute Gasteiger partial charge is 0.377 e. The first-order valence-corrected chi connectivity index (χ1v) is 5.77. The zero-order chi connectivity index (χ0) is 11.5. The van der Waals surface area contributed by atoms with E-state index in [1.807, 2.05) is 36.0 Å². The van der Waals surface area contributed by atoms with Gasteiger partial charge in [0.2, 0.25) is 0 Å². The van der Waals surface area contributed by atoms with Gasteiger partial charge in [-0.1, -0.05) is 30.0 Å². The van der Waals surface area contributed by atoms with Crippen LogP contribution in [0.1, 0.15) is 5.69 Å². The lowest BCUT2D eigenvalue weighted by molar-refractivity contribution is 0.781. The number of fused-ring (bicyclic) bond motifs is 1. The van der Waals surface area contributed by atoms with Gasteiger partial charge in [0.15, 0.2) is 5.17 Å². The fourth-order valence-electron chi connectivity index (χ4n) is 1.57. The highest BCUT2D eigenvalue weighted by Gasteiger charge is 2.08. The second-order valence-electron chi connectivity index (χ2n) is 3.34. The first-order chi connectivity index (χ1) is 7.72. The Hall–Kier alpha value is -1.69. The van der Waals surface area contributed by atoms with Crippen LogP contribution in [-0.2, 0) is 12.8 Å². The van der Waals surface area contributed by atoms with Gasteiger partial charge in [0, 0.05) is 18.2 Å². The maximum Gasteiger partial charge on any atom is 0.177 e. The standard InChI is InChI=1S/C10H13N5S/c1-15-9-5-3-2-4-7(9)8(14-15)6-16-10(11)13-12/h2-5H,6,12H2,1H3,(H2,11,13). The molecular formula is C10H13N5S. The van der Waals surface area contributed by atoms with E-state index in [0.717, 1.165) is 16.6 Å². The molecule has 1 aromatic heterocycles. The number of nitrogens with two attached hydrogens (primary N) is 2. The van der Waals surface area contributed by atoms with Crippen LogP contribution in [0.25, 0.3) is 10.9 Å². The molecule has 4 N–H and O–H groups in total. The molecule has 1 heterocycles. The van der Waals surface area contributed by atoms with Crippen molar-refractivity contribution in [2.75, 3.05) is 0 Å². The molecule has 0 aliphatic carbocycles. The predicted octanol–water partition coefficient (Wildman–Crippen LogP) is 0.995. The van der Waals surface area contributed by atoms with Gasteiger partial charge in [-0.2, -0.15) is 10.2 Å². The lowest BCUT2D eigenvalue weighted by Crippen LogP contribution is -2.09. The fourth-order valence-corrected chi connectivity index (χ4v) is 2.15. The minimum Gasteiger partial charge on any atom is -0.377 e. The second-order valence-corrected chi connectivity index (χ2v) is 4.34. The number of hydrazone groups is 1. The van der Waals surface area contributed by atoms with Crippen LogP contribution in [0, 0.1) is 0 Å². The van der Waals surface area contributed by atoms with Gasteiger partial charge >= 0.3 is 0 Å². The van der Waals surface area contributed by atoms with Gasteiger partial charge in [-0.25, -0.2) is 0 Å². The molecule has 2 aromatic rings. The van der Waals surface area contributed by atoms with Gasteiger partial charge in [0.1, 0.15) is 0 Å². The summed E-state index contributed by atoms with van der Waals surface area (Å²) in [4.78, 5) is 0. The van der Waals surface area contributed by atoms with E-state index < -0.39 is 0 Å². The molecule has 0 atom stereocenters. The van der Waals surface area contributed by atoms with Crippen LogP contribution >= 0.6 is 11.8 Å². The third kappa shape index (κ3) is 1.96. The van der Waals surface area contributed by atoms with Crippen molar-refractivity contribution in [2.24, 2.45) is 23.7 Å². The number of aromatic nitrogens is 2. The molecule has 0 aliphatic rings. The number of nitrogens with zero attached hydrogens (tertiary/aromatic N) is 3. The molecule has 0 unspecified atom stereocenters. The third-order valence-electron chi connectivity index (χ3n) is 2.32. The molecule has 0 saturated heterocycles. The molecule has 16 heavy (non-hydrogen) atoms. The minimum absolute atomic E-state index is 0.370. The summed E-state index contributed by atoms with van der Waals surface area (Å²) in [6, 6.07) is 8.08.